The van der Waals surface area contributed by atoms with Gasteiger partial charge in [-0.15, -0.1) is 10.2 Å². The topological polar surface area (TPSA) is 111 Å². The molecule has 0 radical (unpaired) electrons. The number of amides is 3. The first-order chi connectivity index (χ1) is 8.20. The monoisotopic (exact) mass is 272 g/mol. The second kappa shape index (κ2) is 5.38. The SMILES string of the molecule is C[C@H](Sc1nnc(C(C)(C)C)o1)C(=O)NC(N)=O. The fourth-order valence-electron chi connectivity index (χ4n) is 0.988. The zero-order valence-corrected chi connectivity index (χ0v) is 11.5. The highest BCUT2D eigenvalue weighted by atomic mass is 32.2. The number of carbonyl (C=O) groups is 2. The Hall–Kier alpha value is -1.57. The van der Waals surface area contributed by atoms with Gasteiger partial charge in [-0.05, 0) is 6.92 Å². The zero-order valence-electron chi connectivity index (χ0n) is 10.7. The van der Waals surface area contributed by atoms with Gasteiger partial charge < -0.3 is 10.2 Å². The summed E-state index contributed by atoms with van der Waals surface area (Å²) in [6.45, 7) is 7.44. The van der Waals surface area contributed by atoms with E-state index in [4.69, 9.17) is 10.2 Å². The van der Waals surface area contributed by atoms with Crippen molar-refractivity contribution in [3.05, 3.63) is 5.89 Å². The van der Waals surface area contributed by atoms with Crippen molar-refractivity contribution in [2.24, 2.45) is 5.73 Å². The van der Waals surface area contributed by atoms with E-state index >= 15 is 0 Å². The van der Waals surface area contributed by atoms with Gasteiger partial charge in [-0.2, -0.15) is 0 Å². The average Bonchev–Trinajstić information content (AvgIpc) is 2.64. The first kappa shape index (κ1) is 14.5. The molecule has 3 amide bonds. The molecule has 0 saturated heterocycles. The highest BCUT2D eigenvalue weighted by Crippen LogP contribution is 2.26. The summed E-state index contributed by atoms with van der Waals surface area (Å²) in [5.41, 5.74) is 4.61. The lowest BCUT2D eigenvalue weighted by Gasteiger charge is -2.11. The minimum atomic E-state index is -0.881. The maximum atomic E-state index is 11.4. The van der Waals surface area contributed by atoms with Crippen molar-refractivity contribution < 1.29 is 14.0 Å². The number of hydrogen-bond acceptors (Lipinski definition) is 6. The molecule has 1 aromatic heterocycles. The Kier molecular flexibility index (Phi) is 4.33. The Balaban J connectivity index is 2.65. The lowest BCUT2D eigenvalue weighted by molar-refractivity contribution is -0.119. The van der Waals surface area contributed by atoms with E-state index in [9.17, 15) is 9.59 Å². The summed E-state index contributed by atoms with van der Waals surface area (Å²) in [5, 5.41) is 9.46. The number of imide groups is 1. The van der Waals surface area contributed by atoms with Crippen molar-refractivity contribution in [3.8, 4) is 0 Å². The van der Waals surface area contributed by atoms with Gasteiger partial charge in [0.2, 0.25) is 11.8 Å². The molecule has 0 bridgehead atoms. The summed E-state index contributed by atoms with van der Waals surface area (Å²) >= 11 is 1.07. The number of urea groups is 1. The van der Waals surface area contributed by atoms with Gasteiger partial charge in [0, 0.05) is 5.41 Å². The van der Waals surface area contributed by atoms with E-state index in [-0.39, 0.29) is 10.6 Å². The van der Waals surface area contributed by atoms with Gasteiger partial charge in [-0.1, -0.05) is 32.5 Å². The molecule has 1 heterocycles. The minimum Gasteiger partial charge on any atom is -0.415 e. The van der Waals surface area contributed by atoms with Crippen LogP contribution < -0.4 is 11.1 Å². The Labute approximate surface area is 109 Å². The van der Waals surface area contributed by atoms with E-state index in [0.29, 0.717) is 5.89 Å². The number of aromatic nitrogens is 2. The van der Waals surface area contributed by atoms with E-state index in [2.05, 4.69) is 10.2 Å². The smallest absolute Gasteiger partial charge is 0.318 e. The fraction of sp³-hybridized carbons (Fsp3) is 0.600. The number of hydrogen-bond donors (Lipinski definition) is 2. The summed E-state index contributed by atoms with van der Waals surface area (Å²) in [5.74, 6) is -0.00415. The Morgan fingerprint density at radius 1 is 1.39 bits per heavy atom. The second-order valence-electron chi connectivity index (χ2n) is 4.74. The molecular weight excluding hydrogens is 256 g/mol. The van der Waals surface area contributed by atoms with Crippen LogP contribution in [0.15, 0.2) is 9.64 Å². The van der Waals surface area contributed by atoms with Crippen molar-refractivity contribution in [2.45, 2.75) is 43.6 Å². The van der Waals surface area contributed by atoms with Gasteiger partial charge >= 0.3 is 6.03 Å². The van der Waals surface area contributed by atoms with Crippen LogP contribution in [0.2, 0.25) is 0 Å². The van der Waals surface area contributed by atoms with Gasteiger partial charge in [0.25, 0.3) is 5.22 Å². The van der Waals surface area contributed by atoms with Crippen molar-refractivity contribution >= 4 is 23.7 Å². The molecule has 0 aliphatic carbocycles. The molecule has 8 heteroatoms. The summed E-state index contributed by atoms with van der Waals surface area (Å²) < 4.78 is 5.42. The third kappa shape index (κ3) is 4.02. The van der Waals surface area contributed by atoms with Gasteiger partial charge in [0.1, 0.15) is 0 Å². The Bertz CT molecular complexity index is 452. The van der Waals surface area contributed by atoms with Gasteiger partial charge in [0.05, 0.1) is 5.25 Å². The van der Waals surface area contributed by atoms with Gasteiger partial charge in [0.15, 0.2) is 0 Å². The highest BCUT2D eigenvalue weighted by Gasteiger charge is 2.24. The summed E-state index contributed by atoms with van der Waals surface area (Å²) in [7, 11) is 0. The van der Waals surface area contributed by atoms with Crippen LogP contribution in [0.5, 0.6) is 0 Å². The molecule has 0 saturated carbocycles. The van der Waals surface area contributed by atoms with Crippen LogP contribution in [0.25, 0.3) is 0 Å². The molecule has 0 unspecified atom stereocenters. The van der Waals surface area contributed by atoms with Crippen LogP contribution >= 0.6 is 11.8 Å². The molecule has 1 rings (SSSR count). The molecule has 0 spiro atoms. The van der Waals surface area contributed by atoms with Crippen LogP contribution in [-0.2, 0) is 10.2 Å². The molecule has 0 aliphatic heterocycles. The number of nitrogens with one attached hydrogen (secondary N) is 1. The maximum absolute atomic E-state index is 11.4. The normalized spacial score (nSPS) is 13.1. The van der Waals surface area contributed by atoms with Crippen LogP contribution in [0.4, 0.5) is 4.79 Å². The molecular formula is C10H16N4O3S. The number of nitrogens with two attached hydrogens (primary N) is 1. The third-order valence-corrected chi connectivity index (χ3v) is 2.88. The fourth-order valence-corrected chi connectivity index (χ4v) is 1.67. The first-order valence-electron chi connectivity index (χ1n) is 5.31. The number of thioether (sulfide) groups is 1. The summed E-state index contributed by atoms with van der Waals surface area (Å²) in [4.78, 5) is 22.0. The minimum absolute atomic E-state index is 0.246. The predicted molar refractivity (Wildman–Crippen MR) is 66.0 cm³/mol. The lowest BCUT2D eigenvalue weighted by atomic mass is 9.97. The highest BCUT2D eigenvalue weighted by molar-refractivity contribution is 8.00. The molecule has 3 N–H and O–H groups in total. The second-order valence-corrected chi connectivity index (χ2v) is 6.03. The standard InChI is InChI=1S/C10H16N4O3S/c1-5(6(15)12-8(11)16)18-9-14-13-7(17-9)10(2,3)4/h5H,1-4H3,(H3,11,12,15,16)/t5-/m0/s1. The van der Waals surface area contributed by atoms with Crippen LogP contribution in [0.3, 0.4) is 0 Å². The number of nitrogens with zero attached hydrogens (tertiary/aromatic N) is 2. The number of carbonyl (C=O) groups excluding carboxylic acids is 2. The van der Waals surface area contributed by atoms with Crippen LogP contribution in [-0.4, -0.2) is 27.4 Å². The molecule has 7 nitrogen and oxygen atoms in total. The van der Waals surface area contributed by atoms with Gasteiger partial charge in [-0.3, -0.25) is 10.1 Å². The Morgan fingerprint density at radius 3 is 2.44 bits per heavy atom. The van der Waals surface area contributed by atoms with Crippen molar-refractivity contribution in [2.75, 3.05) is 0 Å². The van der Waals surface area contributed by atoms with E-state index in [0.717, 1.165) is 11.8 Å². The van der Waals surface area contributed by atoms with E-state index in [1.165, 1.54) is 0 Å². The molecule has 0 fully saturated rings. The van der Waals surface area contributed by atoms with E-state index in [1.54, 1.807) is 6.92 Å². The van der Waals surface area contributed by atoms with Crippen molar-refractivity contribution in [1.29, 1.82) is 0 Å². The molecule has 100 valence electrons. The number of primary amides is 1. The van der Waals surface area contributed by atoms with E-state index < -0.39 is 17.2 Å². The molecule has 0 aliphatic rings. The maximum Gasteiger partial charge on any atom is 0.318 e. The molecule has 1 atom stereocenters. The first-order valence-corrected chi connectivity index (χ1v) is 6.19. The summed E-state index contributed by atoms with van der Waals surface area (Å²) in [6, 6.07) is -0.881. The van der Waals surface area contributed by atoms with Crippen LogP contribution in [0, 0.1) is 0 Å². The lowest BCUT2D eigenvalue weighted by Crippen LogP contribution is -2.39. The predicted octanol–water partition coefficient (Wildman–Crippen LogP) is 1.04. The summed E-state index contributed by atoms with van der Waals surface area (Å²) in [6.07, 6.45) is 0. The van der Waals surface area contributed by atoms with Crippen molar-refractivity contribution in [1.82, 2.24) is 15.5 Å². The van der Waals surface area contributed by atoms with Crippen LogP contribution in [0.1, 0.15) is 33.6 Å². The molecule has 18 heavy (non-hydrogen) atoms. The zero-order chi connectivity index (χ0) is 13.9. The van der Waals surface area contributed by atoms with Crippen molar-refractivity contribution in [3.63, 3.8) is 0 Å². The average molecular weight is 272 g/mol. The molecule has 0 aromatic carbocycles. The third-order valence-electron chi connectivity index (χ3n) is 1.94. The quantitative estimate of drug-likeness (QED) is 0.795. The molecule has 1 aromatic rings. The number of rotatable bonds is 3. The van der Waals surface area contributed by atoms with E-state index in [1.807, 2.05) is 26.1 Å². The largest absolute Gasteiger partial charge is 0.415 e. The van der Waals surface area contributed by atoms with Gasteiger partial charge in [-0.25, -0.2) is 4.79 Å². The Morgan fingerprint density at radius 2 is 2.00 bits per heavy atom.